The molecule has 2 heterocycles. The largest absolute Gasteiger partial charge is 0.459 e. The van der Waals surface area contributed by atoms with E-state index in [9.17, 15) is 18.0 Å². The van der Waals surface area contributed by atoms with Gasteiger partial charge >= 0.3 is 5.97 Å². The van der Waals surface area contributed by atoms with Crippen LogP contribution >= 0.6 is 34.8 Å². The van der Waals surface area contributed by atoms with E-state index in [1.807, 2.05) is 6.07 Å². The predicted molar refractivity (Wildman–Crippen MR) is 162 cm³/mol. The van der Waals surface area contributed by atoms with Gasteiger partial charge in [0.25, 0.3) is 15.9 Å². The maximum absolute atomic E-state index is 13.8. The number of ether oxygens (including phenoxy) is 1. The lowest BCUT2D eigenvalue weighted by Crippen LogP contribution is -2.39. The maximum atomic E-state index is 13.8. The first-order chi connectivity index (χ1) is 19.2. The lowest BCUT2D eigenvalue weighted by Gasteiger charge is -2.27. The van der Waals surface area contributed by atoms with Crippen molar-refractivity contribution in [1.29, 1.82) is 0 Å². The summed E-state index contributed by atoms with van der Waals surface area (Å²) in [7, 11) is -4.29. The van der Waals surface area contributed by atoms with Crippen molar-refractivity contribution in [2.45, 2.75) is 37.7 Å². The molecule has 12 heteroatoms. The number of carbonyl (C=O) groups excluding carboxylic acids is 2. The summed E-state index contributed by atoms with van der Waals surface area (Å²) < 4.78 is 34.1. The number of aromatic nitrogens is 1. The van der Waals surface area contributed by atoms with Crippen LogP contribution in [0.5, 0.6) is 0 Å². The van der Waals surface area contributed by atoms with Gasteiger partial charge in [0.05, 0.1) is 10.6 Å². The van der Waals surface area contributed by atoms with Gasteiger partial charge in [-0.15, -0.1) is 0 Å². The first-order valence-electron chi connectivity index (χ1n) is 12.6. The number of amides is 1. The molecule has 8 nitrogen and oxygen atoms in total. The lowest BCUT2D eigenvalue weighted by atomic mass is 10.1. The van der Waals surface area contributed by atoms with Crippen molar-refractivity contribution in [2.75, 3.05) is 22.3 Å². The van der Waals surface area contributed by atoms with Crippen LogP contribution in [0.15, 0.2) is 65.6 Å². The highest BCUT2D eigenvalue weighted by molar-refractivity contribution is 7.92. The molecule has 0 saturated carbocycles. The smallest absolute Gasteiger partial charge is 0.327 e. The van der Waals surface area contributed by atoms with Crippen LogP contribution in [0.3, 0.4) is 0 Å². The number of fused-ring (bicyclic) bond motifs is 2. The van der Waals surface area contributed by atoms with Crippen LogP contribution in [0.2, 0.25) is 15.1 Å². The standard InChI is InChI=1S/C29H26Cl3N3O5S/c1-29(2,3)40-27(36)16-35(41(38,39)23-14-20(31)13-21(32)15-23)22-5-7-26-17(11-22)8-9-34(26)28(37)25-12-18-10-19(30)4-6-24(18)33-25/h4-7,10-15,33H,8-9,16H2,1-3H3. The molecule has 1 amide bonds. The van der Waals surface area contributed by atoms with Gasteiger partial charge in [-0.25, -0.2) is 8.42 Å². The van der Waals surface area contributed by atoms with E-state index >= 15 is 0 Å². The van der Waals surface area contributed by atoms with Crippen LogP contribution in [0.4, 0.5) is 11.4 Å². The van der Waals surface area contributed by atoms with Gasteiger partial charge < -0.3 is 14.6 Å². The number of carbonyl (C=O) groups is 2. The monoisotopic (exact) mass is 633 g/mol. The number of nitrogens with one attached hydrogen (secondary N) is 1. The van der Waals surface area contributed by atoms with E-state index < -0.39 is 28.1 Å². The minimum Gasteiger partial charge on any atom is -0.459 e. The molecule has 0 atom stereocenters. The minimum atomic E-state index is -4.29. The molecule has 1 N–H and O–H groups in total. The first kappa shape index (κ1) is 29.3. The number of esters is 1. The minimum absolute atomic E-state index is 0.135. The van der Waals surface area contributed by atoms with Gasteiger partial charge in [-0.2, -0.15) is 0 Å². The SMILES string of the molecule is CC(C)(C)OC(=O)CN(c1ccc2c(c1)CCN2C(=O)c1cc2cc(Cl)ccc2[nH]1)S(=O)(=O)c1cc(Cl)cc(Cl)c1. The van der Waals surface area contributed by atoms with E-state index in [0.717, 1.165) is 20.8 Å². The average molecular weight is 635 g/mol. The van der Waals surface area contributed by atoms with Crippen LogP contribution in [-0.2, 0) is 26.0 Å². The number of aromatic amines is 1. The lowest BCUT2D eigenvalue weighted by molar-refractivity contribution is -0.152. The van der Waals surface area contributed by atoms with Crippen LogP contribution in [0.1, 0.15) is 36.8 Å². The van der Waals surface area contributed by atoms with E-state index in [2.05, 4.69) is 4.98 Å². The third-order valence-corrected chi connectivity index (χ3v) is 8.84. The normalized spacial score (nSPS) is 13.4. The second-order valence-corrected chi connectivity index (χ2v) is 13.8. The zero-order valence-electron chi connectivity index (χ0n) is 22.4. The first-order valence-corrected chi connectivity index (χ1v) is 15.2. The van der Waals surface area contributed by atoms with E-state index in [1.54, 1.807) is 62.1 Å². The molecule has 0 aliphatic carbocycles. The number of hydrogen-bond donors (Lipinski definition) is 1. The predicted octanol–water partition coefficient (Wildman–Crippen LogP) is 6.87. The summed E-state index contributed by atoms with van der Waals surface area (Å²) >= 11 is 18.3. The van der Waals surface area contributed by atoms with Gasteiger partial charge in [-0.05, 0) is 93.4 Å². The average Bonchev–Trinajstić information content (AvgIpc) is 3.48. The number of H-pyrrole nitrogens is 1. The quantitative estimate of drug-likeness (QED) is 0.234. The molecule has 3 aromatic carbocycles. The van der Waals surface area contributed by atoms with E-state index in [4.69, 9.17) is 39.5 Å². The summed E-state index contributed by atoms with van der Waals surface area (Å²) in [6.07, 6.45) is 0.490. The van der Waals surface area contributed by atoms with Gasteiger partial charge in [0.15, 0.2) is 0 Å². The molecular weight excluding hydrogens is 609 g/mol. The van der Waals surface area contributed by atoms with E-state index in [-0.39, 0.29) is 26.5 Å². The molecule has 1 aliphatic heterocycles. The summed E-state index contributed by atoms with van der Waals surface area (Å²) in [5.41, 5.74) is 2.01. The Kier molecular flexibility index (Phi) is 7.76. The van der Waals surface area contributed by atoms with Gasteiger partial charge in [0, 0.05) is 38.2 Å². The fourth-order valence-electron chi connectivity index (χ4n) is 4.73. The summed E-state index contributed by atoms with van der Waals surface area (Å²) in [5.74, 6) is -0.957. The topological polar surface area (TPSA) is 99.8 Å². The molecule has 0 bridgehead atoms. The van der Waals surface area contributed by atoms with Gasteiger partial charge in [0.2, 0.25) is 0 Å². The molecule has 41 heavy (non-hydrogen) atoms. The molecule has 0 saturated heterocycles. The zero-order chi connectivity index (χ0) is 29.7. The second kappa shape index (κ2) is 10.9. The summed E-state index contributed by atoms with van der Waals surface area (Å²) in [6, 6.07) is 16.0. The summed E-state index contributed by atoms with van der Waals surface area (Å²) in [5, 5.41) is 1.66. The van der Waals surface area contributed by atoms with Gasteiger partial charge in [-0.1, -0.05) is 34.8 Å². The third-order valence-electron chi connectivity index (χ3n) is 6.42. The Labute approximate surface area is 252 Å². The molecule has 1 aromatic heterocycles. The molecule has 214 valence electrons. The fraction of sp³-hybridized carbons (Fsp3) is 0.241. The van der Waals surface area contributed by atoms with Crippen molar-refractivity contribution in [1.82, 2.24) is 4.98 Å². The molecule has 5 rings (SSSR count). The van der Waals surface area contributed by atoms with Gasteiger partial charge in [-0.3, -0.25) is 13.9 Å². The Morgan fingerprint density at radius 3 is 2.34 bits per heavy atom. The maximum Gasteiger partial charge on any atom is 0.327 e. The fourth-order valence-corrected chi connectivity index (χ4v) is 7.04. The van der Waals surface area contributed by atoms with Crippen molar-refractivity contribution in [3.05, 3.63) is 87.0 Å². The number of hydrogen-bond acceptors (Lipinski definition) is 5. The summed E-state index contributed by atoms with van der Waals surface area (Å²) in [4.78, 5) is 30.9. The zero-order valence-corrected chi connectivity index (χ0v) is 25.5. The van der Waals surface area contributed by atoms with Crippen molar-refractivity contribution < 1.29 is 22.7 Å². The van der Waals surface area contributed by atoms with Crippen LogP contribution in [0.25, 0.3) is 10.9 Å². The Morgan fingerprint density at radius 2 is 1.66 bits per heavy atom. The number of halogens is 3. The van der Waals surface area contributed by atoms with Crippen molar-refractivity contribution >= 4 is 79.0 Å². The van der Waals surface area contributed by atoms with E-state index in [0.29, 0.717) is 29.4 Å². The van der Waals surface area contributed by atoms with E-state index in [1.165, 1.54) is 18.2 Å². The van der Waals surface area contributed by atoms with Crippen molar-refractivity contribution in [3.63, 3.8) is 0 Å². The second-order valence-electron chi connectivity index (χ2n) is 10.6. The van der Waals surface area contributed by atoms with Crippen LogP contribution < -0.4 is 9.21 Å². The molecule has 0 radical (unpaired) electrons. The number of anilines is 2. The Morgan fingerprint density at radius 1 is 0.951 bits per heavy atom. The Hall–Kier alpha value is -3.24. The third kappa shape index (κ3) is 6.18. The molecule has 4 aromatic rings. The number of sulfonamides is 1. The molecule has 0 spiro atoms. The van der Waals surface area contributed by atoms with Crippen molar-refractivity contribution in [2.24, 2.45) is 0 Å². The highest BCUT2D eigenvalue weighted by Crippen LogP contribution is 2.36. The molecule has 0 fully saturated rings. The Bertz CT molecular complexity index is 1780. The number of benzene rings is 3. The highest BCUT2D eigenvalue weighted by atomic mass is 35.5. The van der Waals surface area contributed by atoms with Gasteiger partial charge in [0.1, 0.15) is 17.8 Å². The van der Waals surface area contributed by atoms with Crippen LogP contribution in [0, 0.1) is 0 Å². The summed E-state index contributed by atoms with van der Waals surface area (Å²) in [6.45, 7) is 4.91. The number of nitrogens with zero attached hydrogens (tertiary/aromatic N) is 2. The Balaban J connectivity index is 1.50. The molecule has 1 aliphatic rings. The van der Waals surface area contributed by atoms with Crippen molar-refractivity contribution in [3.8, 4) is 0 Å². The highest BCUT2D eigenvalue weighted by Gasteiger charge is 2.32. The van der Waals surface area contributed by atoms with Crippen LogP contribution in [-0.4, -0.2) is 44.0 Å². The number of rotatable bonds is 6. The molecular formula is C29H26Cl3N3O5S. The molecule has 0 unspecified atom stereocenters.